The van der Waals surface area contributed by atoms with Gasteiger partial charge in [-0.2, -0.15) is 0 Å². The molecule has 0 bridgehead atoms. The van der Waals surface area contributed by atoms with E-state index in [1.165, 1.54) is 4.90 Å². The molecule has 8 nitrogen and oxygen atoms in total. The SMILES string of the molecule is CCCOc1ccc(/C(O)=C2\C(=O)C(=O)N(CCN(C)C)C2c2ccc(OCc3ccccc3)c(OCC)c2)cc1. The third kappa shape index (κ3) is 7.08. The van der Waals surface area contributed by atoms with Crippen LogP contribution in [0, 0.1) is 0 Å². The van der Waals surface area contributed by atoms with Crippen LogP contribution in [-0.4, -0.2) is 67.0 Å². The van der Waals surface area contributed by atoms with Crippen molar-refractivity contribution in [3.8, 4) is 17.2 Å². The highest BCUT2D eigenvalue weighted by Crippen LogP contribution is 2.42. The number of aliphatic hydroxyl groups excluding tert-OH is 1. The number of carbonyl (C=O) groups excluding carboxylic acids is 2. The zero-order valence-electron chi connectivity index (χ0n) is 24.1. The first-order chi connectivity index (χ1) is 19.8. The van der Waals surface area contributed by atoms with E-state index in [1.807, 2.05) is 69.2 Å². The number of aliphatic hydroxyl groups is 1. The van der Waals surface area contributed by atoms with Crippen molar-refractivity contribution in [1.82, 2.24) is 9.80 Å². The summed E-state index contributed by atoms with van der Waals surface area (Å²) in [5.74, 6) is 0.108. The van der Waals surface area contributed by atoms with Crippen LogP contribution in [0.5, 0.6) is 17.2 Å². The van der Waals surface area contributed by atoms with Crippen LogP contribution in [0.2, 0.25) is 0 Å². The molecular weight excluding hydrogens is 520 g/mol. The Labute approximate surface area is 241 Å². The van der Waals surface area contributed by atoms with Gasteiger partial charge in [0.1, 0.15) is 18.1 Å². The summed E-state index contributed by atoms with van der Waals surface area (Å²) in [6, 6.07) is 21.3. The van der Waals surface area contributed by atoms with Crippen molar-refractivity contribution >= 4 is 17.4 Å². The van der Waals surface area contributed by atoms with Gasteiger partial charge in [-0.25, -0.2) is 0 Å². The average molecular weight is 559 g/mol. The minimum absolute atomic E-state index is 0.0383. The van der Waals surface area contributed by atoms with Crippen molar-refractivity contribution in [3.05, 3.63) is 95.1 Å². The Bertz CT molecular complexity index is 1370. The number of amides is 1. The second kappa shape index (κ2) is 13.9. The minimum atomic E-state index is -0.798. The van der Waals surface area contributed by atoms with Crippen LogP contribution < -0.4 is 14.2 Å². The highest BCUT2D eigenvalue weighted by Gasteiger charge is 2.46. The molecule has 8 heteroatoms. The zero-order valence-corrected chi connectivity index (χ0v) is 24.1. The number of likely N-dealkylation sites (N-methyl/N-ethyl adjacent to an activating group) is 1. The predicted molar refractivity (Wildman–Crippen MR) is 158 cm³/mol. The van der Waals surface area contributed by atoms with Crippen LogP contribution in [0.3, 0.4) is 0 Å². The van der Waals surface area contributed by atoms with Gasteiger partial charge in [-0.05, 0) is 75.0 Å². The van der Waals surface area contributed by atoms with E-state index >= 15 is 0 Å². The maximum Gasteiger partial charge on any atom is 0.295 e. The van der Waals surface area contributed by atoms with E-state index in [0.717, 1.165) is 12.0 Å². The molecule has 4 rings (SSSR count). The van der Waals surface area contributed by atoms with E-state index in [2.05, 4.69) is 0 Å². The van der Waals surface area contributed by atoms with Gasteiger partial charge in [-0.15, -0.1) is 0 Å². The van der Waals surface area contributed by atoms with Crippen LogP contribution in [0.1, 0.15) is 43.0 Å². The van der Waals surface area contributed by atoms with Crippen LogP contribution in [0.25, 0.3) is 5.76 Å². The Kier molecular flexibility index (Phi) is 10.0. The molecule has 1 N–H and O–H groups in total. The number of hydrogen-bond donors (Lipinski definition) is 1. The van der Waals surface area contributed by atoms with E-state index in [1.54, 1.807) is 36.4 Å². The molecule has 1 amide bonds. The van der Waals surface area contributed by atoms with Gasteiger partial charge < -0.3 is 29.1 Å². The first-order valence-electron chi connectivity index (χ1n) is 13.9. The molecule has 0 aromatic heterocycles. The molecule has 1 aliphatic rings. The number of hydrogen-bond acceptors (Lipinski definition) is 7. The third-order valence-corrected chi connectivity index (χ3v) is 6.75. The Hall–Kier alpha value is -4.30. The second-order valence-electron chi connectivity index (χ2n) is 10.1. The van der Waals surface area contributed by atoms with Crippen LogP contribution in [0.4, 0.5) is 0 Å². The van der Waals surface area contributed by atoms with Crippen molar-refractivity contribution in [3.63, 3.8) is 0 Å². The molecule has 1 saturated heterocycles. The summed E-state index contributed by atoms with van der Waals surface area (Å²) in [4.78, 5) is 30.2. The van der Waals surface area contributed by atoms with Crippen molar-refractivity contribution in [1.29, 1.82) is 0 Å². The van der Waals surface area contributed by atoms with Gasteiger partial charge in [-0.1, -0.05) is 43.3 Å². The van der Waals surface area contributed by atoms with Gasteiger partial charge >= 0.3 is 0 Å². The number of nitrogens with zero attached hydrogens (tertiary/aromatic N) is 2. The lowest BCUT2D eigenvalue weighted by atomic mass is 9.95. The number of rotatable bonds is 13. The molecule has 1 unspecified atom stereocenters. The van der Waals surface area contributed by atoms with Crippen molar-refractivity contribution < 1.29 is 28.9 Å². The second-order valence-corrected chi connectivity index (χ2v) is 10.1. The lowest BCUT2D eigenvalue weighted by Gasteiger charge is -2.27. The van der Waals surface area contributed by atoms with Crippen molar-refractivity contribution in [2.45, 2.75) is 32.9 Å². The fourth-order valence-corrected chi connectivity index (χ4v) is 4.67. The minimum Gasteiger partial charge on any atom is -0.507 e. The lowest BCUT2D eigenvalue weighted by Crippen LogP contribution is -2.35. The van der Waals surface area contributed by atoms with Crippen molar-refractivity contribution in [2.24, 2.45) is 0 Å². The third-order valence-electron chi connectivity index (χ3n) is 6.75. The van der Waals surface area contributed by atoms with E-state index in [0.29, 0.717) is 61.3 Å². The maximum absolute atomic E-state index is 13.4. The molecule has 0 spiro atoms. The Morgan fingerprint density at radius 3 is 2.29 bits per heavy atom. The largest absolute Gasteiger partial charge is 0.507 e. The summed E-state index contributed by atoms with van der Waals surface area (Å²) in [5, 5.41) is 11.4. The highest BCUT2D eigenvalue weighted by atomic mass is 16.5. The van der Waals surface area contributed by atoms with Crippen LogP contribution in [0.15, 0.2) is 78.4 Å². The summed E-state index contributed by atoms with van der Waals surface area (Å²) < 4.78 is 17.6. The number of benzene rings is 3. The van der Waals surface area contributed by atoms with E-state index < -0.39 is 17.7 Å². The fraction of sp³-hybridized carbons (Fsp3) is 0.333. The number of likely N-dealkylation sites (tertiary alicyclic amines) is 1. The molecule has 1 atom stereocenters. The number of ether oxygens (including phenoxy) is 3. The number of Topliss-reactive ketones (excluding diaryl/α,β-unsaturated/α-hetero) is 1. The Morgan fingerprint density at radius 1 is 0.902 bits per heavy atom. The van der Waals surface area contributed by atoms with E-state index in [4.69, 9.17) is 14.2 Å². The molecule has 0 saturated carbocycles. The molecule has 0 aliphatic carbocycles. The number of carbonyl (C=O) groups is 2. The summed E-state index contributed by atoms with van der Waals surface area (Å²) in [5.41, 5.74) is 2.12. The molecule has 1 fully saturated rings. The maximum atomic E-state index is 13.4. The molecule has 41 heavy (non-hydrogen) atoms. The summed E-state index contributed by atoms with van der Waals surface area (Å²) in [6.45, 7) is 6.09. The van der Waals surface area contributed by atoms with Crippen molar-refractivity contribution in [2.75, 3.05) is 40.4 Å². The average Bonchev–Trinajstić information content (AvgIpc) is 3.24. The summed E-state index contributed by atoms with van der Waals surface area (Å²) in [6.07, 6.45) is 0.873. The monoisotopic (exact) mass is 558 g/mol. The molecule has 216 valence electrons. The lowest BCUT2D eigenvalue weighted by molar-refractivity contribution is -0.140. The van der Waals surface area contributed by atoms with E-state index in [-0.39, 0.29) is 11.3 Å². The Morgan fingerprint density at radius 2 is 1.63 bits per heavy atom. The quantitative estimate of drug-likeness (QED) is 0.170. The first-order valence-corrected chi connectivity index (χ1v) is 13.9. The molecule has 3 aromatic carbocycles. The van der Waals surface area contributed by atoms with Gasteiger partial charge in [0.25, 0.3) is 11.7 Å². The standard InChI is InChI=1S/C33H38N2O6/c1-5-20-40-26-15-12-24(13-16-26)31(36)29-30(35(19-18-34(3)4)33(38)32(29)37)25-14-17-27(28(21-25)39-6-2)41-22-23-10-8-7-9-11-23/h7-17,21,30,36H,5-6,18-20,22H2,1-4H3/b31-29+. The molecule has 0 radical (unpaired) electrons. The first kappa shape index (κ1) is 29.7. The van der Waals surface area contributed by atoms with Gasteiger partial charge in [0.15, 0.2) is 11.5 Å². The fourth-order valence-electron chi connectivity index (χ4n) is 4.67. The molecule has 3 aromatic rings. The predicted octanol–water partition coefficient (Wildman–Crippen LogP) is 5.44. The van der Waals surface area contributed by atoms with Crippen LogP contribution in [-0.2, 0) is 16.2 Å². The molecule has 1 aliphatic heterocycles. The number of ketones is 1. The van der Waals surface area contributed by atoms with Gasteiger partial charge in [0.2, 0.25) is 0 Å². The van der Waals surface area contributed by atoms with Gasteiger partial charge in [0, 0.05) is 18.7 Å². The normalized spacial score (nSPS) is 16.3. The zero-order chi connectivity index (χ0) is 29.4. The van der Waals surface area contributed by atoms with E-state index in [9.17, 15) is 14.7 Å². The van der Waals surface area contributed by atoms with Gasteiger partial charge in [-0.3, -0.25) is 9.59 Å². The topological polar surface area (TPSA) is 88.5 Å². The summed E-state index contributed by atoms with van der Waals surface area (Å²) >= 11 is 0. The molecular formula is C33H38N2O6. The highest BCUT2D eigenvalue weighted by molar-refractivity contribution is 6.46. The summed E-state index contributed by atoms with van der Waals surface area (Å²) in [7, 11) is 3.81. The molecule has 1 heterocycles. The Balaban J connectivity index is 1.74. The van der Waals surface area contributed by atoms with Gasteiger partial charge in [0.05, 0.1) is 24.8 Å². The smallest absolute Gasteiger partial charge is 0.295 e. The van der Waals surface area contributed by atoms with Crippen LogP contribution >= 0.6 is 0 Å².